The van der Waals surface area contributed by atoms with Crippen LogP contribution in [0.2, 0.25) is 0 Å². The van der Waals surface area contributed by atoms with Crippen molar-refractivity contribution in [3.05, 3.63) is 82.4 Å². The Kier molecular flexibility index (Phi) is 6.38. The first-order valence-electron chi connectivity index (χ1n) is 12.8. The minimum atomic E-state index is 0.00968. The first-order chi connectivity index (χ1) is 18.1. The van der Waals surface area contributed by atoms with E-state index in [2.05, 4.69) is 52.7 Å². The van der Waals surface area contributed by atoms with Crippen molar-refractivity contribution in [1.29, 1.82) is 0 Å². The Morgan fingerprint density at radius 2 is 1.68 bits per heavy atom. The number of carbonyl (C=O) groups excluding carboxylic acids is 1. The van der Waals surface area contributed by atoms with Crippen LogP contribution in [-0.2, 0) is 30.5 Å². The number of carbonyl (C=O) groups is 1. The van der Waals surface area contributed by atoms with Gasteiger partial charge in [0.05, 0.1) is 20.8 Å². The lowest BCUT2D eigenvalue weighted by molar-refractivity contribution is -0.123. The van der Waals surface area contributed by atoms with Crippen LogP contribution in [0.15, 0.2) is 54.6 Å². The Hall–Kier alpha value is -3.71. The van der Waals surface area contributed by atoms with E-state index < -0.39 is 0 Å². The molecular formula is C30H32N2O5. The molecule has 1 N–H and O–H groups in total. The number of benzene rings is 3. The van der Waals surface area contributed by atoms with Crippen molar-refractivity contribution >= 4 is 5.91 Å². The fourth-order valence-corrected chi connectivity index (χ4v) is 5.92. The van der Waals surface area contributed by atoms with Gasteiger partial charge in [0, 0.05) is 18.6 Å². The molecular weight excluding hydrogens is 468 g/mol. The highest BCUT2D eigenvalue weighted by Crippen LogP contribution is 2.41. The van der Waals surface area contributed by atoms with Gasteiger partial charge >= 0.3 is 0 Å². The summed E-state index contributed by atoms with van der Waals surface area (Å²) in [6.45, 7) is 1.38. The molecule has 1 atom stereocenters. The molecule has 37 heavy (non-hydrogen) atoms. The van der Waals surface area contributed by atoms with E-state index in [0.717, 1.165) is 55.0 Å². The van der Waals surface area contributed by atoms with Gasteiger partial charge in [-0.1, -0.05) is 30.3 Å². The van der Waals surface area contributed by atoms with Crippen molar-refractivity contribution in [3.63, 3.8) is 0 Å². The van der Waals surface area contributed by atoms with Crippen molar-refractivity contribution < 1.29 is 23.7 Å². The predicted molar refractivity (Wildman–Crippen MR) is 140 cm³/mol. The van der Waals surface area contributed by atoms with Crippen LogP contribution in [0.25, 0.3) is 0 Å². The third-order valence-electron chi connectivity index (χ3n) is 7.74. The van der Waals surface area contributed by atoms with Crippen LogP contribution in [0, 0.1) is 0 Å². The van der Waals surface area contributed by atoms with Crippen LogP contribution < -0.4 is 24.3 Å². The van der Waals surface area contributed by atoms with Gasteiger partial charge in [-0.2, -0.15) is 0 Å². The van der Waals surface area contributed by atoms with Crippen molar-refractivity contribution in [2.75, 3.05) is 34.1 Å². The first kappa shape index (κ1) is 23.7. The van der Waals surface area contributed by atoms with E-state index in [9.17, 15) is 4.79 Å². The van der Waals surface area contributed by atoms with Gasteiger partial charge in [-0.25, -0.2) is 0 Å². The average molecular weight is 501 g/mol. The second kappa shape index (κ2) is 9.98. The van der Waals surface area contributed by atoms with Gasteiger partial charge in [0.15, 0.2) is 23.0 Å². The number of hydrogen-bond acceptors (Lipinski definition) is 6. The molecule has 1 aliphatic carbocycles. The normalized spacial score (nSPS) is 18.3. The zero-order valence-corrected chi connectivity index (χ0v) is 21.3. The Morgan fingerprint density at radius 1 is 0.946 bits per heavy atom. The topological polar surface area (TPSA) is 69.3 Å². The number of ether oxygens (including phenoxy) is 4. The summed E-state index contributed by atoms with van der Waals surface area (Å²) in [4.78, 5) is 15.6. The molecule has 7 nitrogen and oxygen atoms in total. The smallest absolute Gasteiger partial charge is 0.234 e. The quantitative estimate of drug-likeness (QED) is 0.532. The molecule has 0 spiro atoms. The van der Waals surface area contributed by atoms with Crippen LogP contribution in [0.3, 0.4) is 0 Å². The molecule has 3 aliphatic rings. The van der Waals surface area contributed by atoms with Gasteiger partial charge in [-0.05, 0) is 77.8 Å². The standard InChI is InChI=1S/C30H32N2O5/c1-34-27-15-22-9-10-32(17-30(33)31-23-13-20-5-3-4-6-21(20)14-23)25(24(22)16-28(27)35-2)11-19-7-8-26-29(12-19)37-18-36-26/h3-8,12,15-16,23,25H,9-11,13-14,17-18H2,1-2H3,(H,31,33). The summed E-state index contributed by atoms with van der Waals surface area (Å²) in [5.74, 6) is 3.04. The lowest BCUT2D eigenvalue weighted by Crippen LogP contribution is -2.46. The van der Waals surface area contributed by atoms with Gasteiger partial charge in [0.1, 0.15) is 0 Å². The van der Waals surface area contributed by atoms with E-state index in [1.807, 2.05) is 12.1 Å². The SMILES string of the molecule is COc1cc2c(cc1OC)C(Cc1ccc3c(c1)OCO3)N(CC(=O)NC1Cc3ccccc3C1)CC2. The minimum absolute atomic E-state index is 0.00968. The van der Waals surface area contributed by atoms with Crippen LogP contribution in [0.5, 0.6) is 23.0 Å². The first-order valence-corrected chi connectivity index (χ1v) is 12.8. The number of nitrogens with one attached hydrogen (secondary N) is 1. The monoisotopic (exact) mass is 500 g/mol. The zero-order valence-electron chi connectivity index (χ0n) is 21.3. The third-order valence-corrected chi connectivity index (χ3v) is 7.74. The van der Waals surface area contributed by atoms with Crippen LogP contribution >= 0.6 is 0 Å². The van der Waals surface area contributed by atoms with Gasteiger partial charge < -0.3 is 24.3 Å². The second-order valence-electron chi connectivity index (χ2n) is 9.98. The van der Waals surface area contributed by atoms with Gasteiger partial charge in [-0.15, -0.1) is 0 Å². The molecule has 3 aromatic carbocycles. The highest BCUT2D eigenvalue weighted by atomic mass is 16.7. The number of rotatable bonds is 7. The maximum Gasteiger partial charge on any atom is 0.234 e. The molecule has 1 amide bonds. The summed E-state index contributed by atoms with van der Waals surface area (Å²) < 4.78 is 22.3. The molecule has 1 unspecified atom stereocenters. The van der Waals surface area contributed by atoms with E-state index in [0.29, 0.717) is 12.3 Å². The molecule has 0 aromatic heterocycles. The number of fused-ring (bicyclic) bond motifs is 3. The zero-order chi connectivity index (χ0) is 25.4. The fraction of sp³-hybridized carbons (Fsp3) is 0.367. The lowest BCUT2D eigenvalue weighted by Gasteiger charge is -2.37. The van der Waals surface area contributed by atoms with Crippen molar-refractivity contribution in [2.45, 2.75) is 37.8 Å². The highest BCUT2D eigenvalue weighted by molar-refractivity contribution is 5.78. The number of amides is 1. The third kappa shape index (κ3) is 4.71. The van der Waals surface area contributed by atoms with E-state index in [4.69, 9.17) is 18.9 Å². The second-order valence-corrected chi connectivity index (χ2v) is 9.98. The summed E-state index contributed by atoms with van der Waals surface area (Å²) >= 11 is 0. The average Bonchev–Trinajstić information content (AvgIpc) is 3.55. The molecule has 2 heterocycles. The number of methoxy groups -OCH3 is 2. The van der Waals surface area contributed by atoms with E-state index >= 15 is 0 Å². The molecule has 0 fully saturated rings. The Bertz CT molecular complexity index is 1300. The predicted octanol–water partition coefficient (Wildman–Crippen LogP) is 3.86. The largest absolute Gasteiger partial charge is 0.493 e. The van der Waals surface area contributed by atoms with E-state index in [-0.39, 0.29) is 24.8 Å². The molecule has 192 valence electrons. The molecule has 6 rings (SSSR count). The molecule has 0 radical (unpaired) electrons. The van der Waals surface area contributed by atoms with Crippen molar-refractivity contribution in [2.24, 2.45) is 0 Å². The number of hydrogen-bond donors (Lipinski definition) is 1. The van der Waals surface area contributed by atoms with Gasteiger partial charge in [0.2, 0.25) is 12.7 Å². The van der Waals surface area contributed by atoms with Gasteiger partial charge in [0.25, 0.3) is 0 Å². The maximum absolute atomic E-state index is 13.3. The highest BCUT2D eigenvalue weighted by Gasteiger charge is 2.32. The summed E-state index contributed by atoms with van der Waals surface area (Å²) in [5.41, 5.74) is 6.20. The van der Waals surface area contributed by atoms with Crippen LogP contribution in [0.1, 0.15) is 33.9 Å². The molecule has 0 saturated heterocycles. The Labute approximate surface area is 217 Å². The summed E-state index contributed by atoms with van der Waals surface area (Å²) in [7, 11) is 3.32. The van der Waals surface area contributed by atoms with E-state index in [1.54, 1.807) is 14.2 Å². The Balaban J connectivity index is 1.24. The van der Waals surface area contributed by atoms with E-state index in [1.165, 1.54) is 22.3 Å². The van der Waals surface area contributed by atoms with Crippen molar-refractivity contribution in [3.8, 4) is 23.0 Å². The summed E-state index contributed by atoms with van der Waals surface area (Å²) in [6, 6.07) is 18.9. The van der Waals surface area contributed by atoms with Crippen LogP contribution in [-0.4, -0.2) is 51.0 Å². The maximum atomic E-state index is 13.3. The Morgan fingerprint density at radius 3 is 2.43 bits per heavy atom. The van der Waals surface area contributed by atoms with Crippen molar-refractivity contribution in [1.82, 2.24) is 10.2 Å². The summed E-state index contributed by atoms with van der Waals surface area (Å²) in [5, 5.41) is 3.29. The lowest BCUT2D eigenvalue weighted by atomic mass is 9.88. The molecule has 2 aliphatic heterocycles. The minimum Gasteiger partial charge on any atom is -0.493 e. The molecule has 0 bridgehead atoms. The molecule has 3 aromatic rings. The van der Waals surface area contributed by atoms with Crippen LogP contribution in [0.4, 0.5) is 0 Å². The summed E-state index contributed by atoms with van der Waals surface area (Å²) in [6.07, 6.45) is 3.36. The molecule has 0 saturated carbocycles. The van der Waals surface area contributed by atoms with Gasteiger partial charge in [-0.3, -0.25) is 9.69 Å². The fourth-order valence-electron chi connectivity index (χ4n) is 5.92. The number of nitrogens with zero attached hydrogens (tertiary/aromatic N) is 1. The molecule has 7 heteroatoms.